The van der Waals surface area contributed by atoms with Gasteiger partial charge in [0.2, 0.25) is 15.8 Å². The Morgan fingerprint density at radius 3 is 2.52 bits per heavy atom. The van der Waals surface area contributed by atoms with Gasteiger partial charge in [-0.25, -0.2) is 13.1 Å². The Labute approximate surface area is 122 Å². The first kappa shape index (κ1) is 17.5. The van der Waals surface area contributed by atoms with E-state index >= 15 is 0 Å². The summed E-state index contributed by atoms with van der Waals surface area (Å²) in [5.74, 6) is -1.04. The quantitative estimate of drug-likeness (QED) is 0.447. The Hall–Kier alpha value is -1.58. The van der Waals surface area contributed by atoms with Gasteiger partial charge in [-0.3, -0.25) is 10.1 Å². The Morgan fingerprint density at radius 1 is 1.38 bits per heavy atom. The fourth-order valence-corrected chi connectivity index (χ4v) is 3.63. The molecular weight excluding hydrogens is 301 g/mol. The first-order valence-electron chi connectivity index (χ1n) is 6.36. The predicted octanol–water partition coefficient (Wildman–Crippen LogP) is 1.37. The molecule has 0 aromatic heterocycles. The maximum absolute atomic E-state index is 13.6. The lowest BCUT2D eigenvalue weighted by Crippen LogP contribution is -2.27. The summed E-state index contributed by atoms with van der Waals surface area (Å²) in [5.41, 5.74) is 4.42. The summed E-state index contributed by atoms with van der Waals surface area (Å²) in [6.45, 7) is 3.24. The zero-order valence-corrected chi connectivity index (χ0v) is 12.7. The molecule has 0 amide bonds. The fraction of sp³-hybridized carbons (Fsp3) is 0.500. The highest BCUT2D eigenvalue weighted by Crippen LogP contribution is 2.30. The standard InChI is InChI=1S/C12H18FN3O4S/c1-8-7-10(13)11(16(17)18)9(2)12(8)21(19,20)15-6-4-3-5-14/h7,15H,3-6,14H2,1-2H3. The molecule has 0 spiro atoms. The van der Waals surface area contributed by atoms with Crippen molar-refractivity contribution in [3.63, 3.8) is 0 Å². The van der Waals surface area contributed by atoms with Crippen LogP contribution < -0.4 is 10.5 Å². The number of unbranched alkanes of at least 4 members (excludes halogenated alkanes) is 1. The van der Waals surface area contributed by atoms with Crippen LogP contribution in [0.2, 0.25) is 0 Å². The smallest absolute Gasteiger partial charge is 0.309 e. The van der Waals surface area contributed by atoms with Crippen LogP contribution in [0.3, 0.4) is 0 Å². The SMILES string of the molecule is Cc1cc(F)c([N+](=O)[O-])c(C)c1S(=O)(=O)NCCCCN. The molecule has 1 aromatic carbocycles. The van der Waals surface area contributed by atoms with Gasteiger partial charge in [0, 0.05) is 6.54 Å². The molecule has 3 N–H and O–H groups in total. The van der Waals surface area contributed by atoms with Crippen LogP contribution in [0.5, 0.6) is 0 Å². The van der Waals surface area contributed by atoms with E-state index in [1.54, 1.807) is 0 Å². The number of nitrogens with one attached hydrogen (secondary N) is 1. The van der Waals surface area contributed by atoms with Gasteiger partial charge < -0.3 is 5.73 Å². The minimum Gasteiger partial charge on any atom is -0.330 e. The van der Waals surface area contributed by atoms with Crippen LogP contribution in [0.15, 0.2) is 11.0 Å². The van der Waals surface area contributed by atoms with Crippen molar-refractivity contribution >= 4 is 15.7 Å². The first-order chi connectivity index (χ1) is 9.72. The fourth-order valence-electron chi connectivity index (χ4n) is 2.09. The second kappa shape index (κ2) is 6.92. The molecule has 7 nitrogen and oxygen atoms in total. The van der Waals surface area contributed by atoms with Crippen LogP contribution in [-0.2, 0) is 10.0 Å². The van der Waals surface area contributed by atoms with Gasteiger partial charge in [-0.1, -0.05) is 0 Å². The lowest BCUT2D eigenvalue weighted by molar-refractivity contribution is -0.388. The molecule has 0 saturated heterocycles. The van der Waals surface area contributed by atoms with Crippen LogP contribution in [0.1, 0.15) is 24.0 Å². The molecule has 1 rings (SSSR count). The van der Waals surface area contributed by atoms with E-state index < -0.39 is 26.5 Å². The van der Waals surface area contributed by atoms with E-state index in [0.717, 1.165) is 6.07 Å². The average Bonchev–Trinajstić information content (AvgIpc) is 2.32. The van der Waals surface area contributed by atoms with Gasteiger partial charge in [0.15, 0.2) is 0 Å². The molecule has 0 unspecified atom stereocenters. The minimum atomic E-state index is -3.94. The van der Waals surface area contributed by atoms with E-state index in [2.05, 4.69) is 4.72 Å². The second-order valence-corrected chi connectivity index (χ2v) is 6.33. The Bertz CT molecular complexity index is 646. The molecule has 1 aromatic rings. The first-order valence-corrected chi connectivity index (χ1v) is 7.84. The third-order valence-corrected chi connectivity index (χ3v) is 4.75. The Balaban J connectivity index is 3.23. The third-order valence-electron chi connectivity index (χ3n) is 3.00. The van der Waals surface area contributed by atoms with Crippen LogP contribution in [0, 0.1) is 29.8 Å². The molecule has 0 radical (unpaired) electrons. The predicted molar refractivity (Wildman–Crippen MR) is 76.0 cm³/mol. The van der Waals surface area contributed by atoms with Crippen LogP contribution in [-0.4, -0.2) is 26.4 Å². The van der Waals surface area contributed by atoms with Gasteiger partial charge in [0.05, 0.1) is 15.4 Å². The van der Waals surface area contributed by atoms with Gasteiger partial charge in [-0.2, -0.15) is 4.39 Å². The van der Waals surface area contributed by atoms with Crippen LogP contribution >= 0.6 is 0 Å². The molecule has 0 fully saturated rings. The number of hydrogen-bond donors (Lipinski definition) is 2. The van der Waals surface area contributed by atoms with E-state index in [-0.39, 0.29) is 22.6 Å². The summed E-state index contributed by atoms with van der Waals surface area (Å²) in [4.78, 5) is 9.70. The summed E-state index contributed by atoms with van der Waals surface area (Å²) >= 11 is 0. The number of halogens is 1. The van der Waals surface area contributed by atoms with Crippen molar-refractivity contribution in [1.29, 1.82) is 0 Å². The summed E-state index contributed by atoms with van der Waals surface area (Å²) in [5, 5.41) is 10.9. The van der Waals surface area contributed by atoms with Crippen LogP contribution in [0.4, 0.5) is 10.1 Å². The largest absolute Gasteiger partial charge is 0.330 e. The number of sulfonamides is 1. The van der Waals surface area contributed by atoms with Crippen molar-refractivity contribution in [3.05, 3.63) is 33.1 Å². The zero-order chi connectivity index (χ0) is 16.2. The zero-order valence-electron chi connectivity index (χ0n) is 11.8. The van der Waals surface area contributed by atoms with Crippen molar-refractivity contribution in [2.75, 3.05) is 13.1 Å². The Morgan fingerprint density at radius 2 is 2.00 bits per heavy atom. The lowest BCUT2D eigenvalue weighted by atomic mass is 10.1. The minimum absolute atomic E-state index is 0.127. The number of hydrogen-bond acceptors (Lipinski definition) is 5. The number of nitrogens with two attached hydrogens (primary N) is 1. The summed E-state index contributed by atoms with van der Waals surface area (Å²) in [7, 11) is -3.94. The maximum Gasteiger partial charge on any atom is 0.309 e. The summed E-state index contributed by atoms with van der Waals surface area (Å²) in [6, 6.07) is 0.861. The van der Waals surface area contributed by atoms with Gasteiger partial charge >= 0.3 is 5.69 Å². The lowest BCUT2D eigenvalue weighted by Gasteiger charge is -2.12. The highest BCUT2D eigenvalue weighted by Gasteiger charge is 2.28. The summed E-state index contributed by atoms with van der Waals surface area (Å²) < 4.78 is 40.4. The van der Waals surface area contributed by atoms with Gasteiger partial charge in [0.1, 0.15) is 0 Å². The molecule has 0 aliphatic heterocycles. The van der Waals surface area contributed by atoms with Crippen molar-refractivity contribution in [2.24, 2.45) is 5.73 Å². The molecule has 0 aliphatic rings. The maximum atomic E-state index is 13.6. The molecule has 118 valence electrons. The molecule has 9 heteroatoms. The second-order valence-electron chi connectivity index (χ2n) is 4.63. The number of nitro benzene ring substituents is 1. The van der Waals surface area contributed by atoms with Gasteiger partial charge in [-0.15, -0.1) is 0 Å². The molecule has 0 saturated carbocycles. The molecular formula is C12H18FN3O4S. The number of rotatable bonds is 7. The van der Waals surface area contributed by atoms with Gasteiger partial charge in [-0.05, 0) is 44.9 Å². The number of benzene rings is 1. The molecule has 0 aliphatic carbocycles. The van der Waals surface area contributed by atoms with E-state index in [1.165, 1.54) is 13.8 Å². The molecule has 21 heavy (non-hydrogen) atoms. The molecule has 0 atom stereocenters. The molecule has 0 heterocycles. The normalized spacial score (nSPS) is 11.6. The number of nitro groups is 1. The molecule has 0 bridgehead atoms. The van der Waals surface area contributed by atoms with E-state index in [1.807, 2.05) is 0 Å². The highest BCUT2D eigenvalue weighted by atomic mass is 32.2. The van der Waals surface area contributed by atoms with E-state index in [0.29, 0.717) is 19.4 Å². The highest BCUT2D eigenvalue weighted by molar-refractivity contribution is 7.89. The monoisotopic (exact) mass is 319 g/mol. The van der Waals surface area contributed by atoms with E-state index in [9.17, 15) is 22.9 Å². The number of nitrogens with zero attached hydrogens (tertiary/aromatic N) is 1. The summed E-state index contributed by atoms with van der Waals surface area (Å²) in [6.07, 6.45) is 1.21. The number of aryl methyl sites for hydroxylation is 1. The topological polar surface area (TPSA) is 115 Å². The Kier molecular flexibility index (Phi) is 5.76. The average molecular weight is 319 g/mol. The van der Waals surface area contributed by atoms with Crippen LogP contribution in [0.25, 0.3) is 0 Å². The van der Waals surface area contributed by atoms with E-state index in [4.69, 9.17) is 5.73 Å². The van der Waals surface area contributed by atoms with Crippen molar-refractivity contribution in [3.8, 4) is 0 Å². The van der Waals surface area contributed by atoms with Crippen molar-refractivity contribution < 1.29 is 17.7 Å². The van der Waals surface area contributed by atoms with Gasteiger partial charge in [0.25, 0.3) is 0 Å². The van der Waals surface area contributed by atoms with Crippen molar-refractivity contribution in [1.82, 2.24) is 4.72 Å². The third kappa shape index (κ3) is 3.96. The van der Waals surface area contributed by atoms with Crippen molar-refractivity contribution in [2.45, 2.75) is 31.6 Å².